The Morgan fingerprint density at radius 2 is 1.74 bits per heavy atom. The summed E-state index contributed by atoms with van der Waals surface area (Å²) >= 11 is 0. The third-order valence-electron chi connectivity index (χ3n) is 5.70. The molecule has 0 spiro atoms. The summed E-state index contributed by atoms with van der Waals surface area (Å²) in [5.41, 5.74) is 2.82. The minimum Gasteiger partial charge on any atom is -0.484 e. The van der Waals surface area contributed by atoms with E-state index < -0.39 is 5.60 Å². The zero-order valence-electron chi connectivity index (χ0n) is 17.2. The highest BCUT2D eigenvalue weighted by Gasteiger charge is 2.42. The Balaban J connectivity index is 1.40. The number of ether oxygens (including phenoxy) is 2. The first-order valence-corrected chi connectivity index (χ1v) is 10.5. The van der Waals surface area contributed by atoms with Crippen molar-refractivity contribution in [2.75, 3.05) is 6.61 Å². The van der Waals surface area contributed by atoms with Crippen molar-refractivity contribution >= 4 is 16.7 Å². The van der Waals surface area contributed by atoms with Gasteiger partial charge in [0.05, 0.1) is 25.2 Å². The van der Waals surface area contributed by atoms with E-state index in [9.17, 15) is 4.79 Å². The molecule has 4 aromatic rings. The number of pyridine rings is 1. The monoisotopic (exact) mass is 409 g/mol. The molecule has 0 saturated heterocycles. The maximum atomic E-state index is 13.4. The van der Waals surface area contributed by atoms with Crippen LogP contribution >= 0.6 is 0 Å². The molecule has 1 atom stereocenters. The zero-order valence-corrected chi connectivity index (χ0v) is 17.2. The molecule has 0 fully saturated rings. The van der Waals surface area contributed by atoms with Crippen molar-refractivity contribution in [2.24, 2.45) is 0 Å². The molecule has 154 valence electrons. The second-order valence-corrected chi connectivity index (χ2v) is 8.03. The van der Waals surface area contributed by atoms with Gasteiger partial charge in [0.1, 0.15) is 11.4 Å². The summed E-state index contributed by atoms with van der Waals surface area (Å²) in [7, 11) is 0. The maximum absolute atomic E-state index is 13.4. The SMILES string of the molecule is O=C(CC1(COCc2ccccc2)Cc2ccccc2O1)c1cccc2cccnc12. The zero-order chi connectivity index (χ0) is 21.1. The summed E-state index contributed by atoms with van der Waals surface area (Å²) in [6.07, 6.45) is 2.59. The van der Waals surface area contributed by atoms with Crippen LogP contribution < -0.4 is 4.74 Å². The average Bonchev–Trinajstić information content (AvgIpc) is 3.17. The van der Waals surface area contributed by atoms with Gasteiger partial charge >= 0.3 is 0 Å². The van der Waals surface area contributed by atoms with Crippen LogP contribution in [0.1, 0.15) is 27.9 Å². The molecule has 0 N–H and O–H groups in total. The molecule has 2 heterocycles. The summed E-state index contributed by atoms with van der Waals surface area (Å²) in [6.45, 7) is 0.812. The Morgan fingerprint density at radius 3 is 2.61 bits per heavy atom. The fourth-order valence-corrected chi connectivity index (χ4v) is 4.24. The molecule has 1 aromatic heterocycles. The van der Waals surface area contributed by atoms with Crippen LogP contribution in [0.5, 0.6) is 5.75 Å². The number of para-hydroxylation sites is 2. The Morgan fingerprint density at radius 1 is 0.935 bits per heavy atom. The van der Waals surface area contributed by atoms with E-state index in [1.165, 1.54) is 0 Å². The van der Waals surface area contributed by atoms with Crippen molar-refractivity contribution in [1.29, 1.82) is 0 Å². The number of fused-ring (bicyclic) bond motifs is 2. The number of nitrogens with zero attached hydrogens (tertiary/aromatic N) is 1. The van der Waals surface area contributed by atoms with E-state index in [0.717, 1.165) is 27.8 Å². The van der Waals surface area contributed by atoms with Gasteiger partial charge in [-0.2, -0.15) is 0 Å². The van der Waals surface area contributed by atoms with Crippen molar-refractivity contribution in [3.05, 3.63) is 108 Å². The van der Waals surface area contributed by atoms with Crippen LogP contribution in [-0.2, 0) is 17.8 Å². The molecular weight excluding hydrogens is 386 g/mol. The number of aromatic nitrogens is 1. The Bertz CT molecular complexity index is 1190. The highest BCUT2D eigenvalue weighted by Crippen LogP contribution is 2.38. The highest BCUT2D eigenvalue weighted by atomic mass is 16.5. The molecular formula is C27H23NO3. The van der Waals surface area contributed by atoms with Crippen LogP contribution in [0.3, 0.4) is 0 Å². The molecule has 0 amide bonds. The largest absolute Gasteiger partial charge is 0.484 e. The van der Waals surface area contributed by atoms with Gasteiger partial charge in [0.2, 0.25) is 0 Å². The molecule has 1 unspecified atom stereocenters. The number of Topliss-reactive ketones (excluding diaryl/α,β-unsaturated/α-hetero) is 1. The second kappa shape index (κ2) is 8.32. The van der Waals surface area contributed by atoms with Gasteiger partial charge in [0.25, 0.3) is 0 Å². The van der Waals surface area contributed by atoms with E-state index in [-0.39, 0.29) is 12.2 Å². The Labute approximate surface area is 181 Å². The number of rotatable bonds is 7. The van der Waals surface area contributed by atoms with E-state index in [1.807, 2.05) is 78.9 Å². The quantitative estimate of drug-likeness (QED) is 0.384. The normalized spacial score (nSPS) is 17.3. The lowest BCUT2D eigenvalue weighted by atomic mass is 9.89. The molecule has 0 bridgehead atoms. The lowest BCUT2D eigenvalue weighted by Gasteiger charge is -2.28. The van der Waals surface area contributed by atoms with Gasteiger partial charge in [0, 0.05) is 23.6 Å². The average molecular weight is 409 g/mol. The molecule has 4 nitrogen and oxygen atoms in total. The van der Waals surface area contributed by atoms with Crippen molar-refractivity contribution in [3.8, 4) is 5.75 Å². The molecule has 3 aromatic carbocycles. The summed E-state index contributed by atoms with van der Waals surface area (Å²) in [4.78, 5) is 17.9. The van der Waals surface area contributed by atoms with Gasteiger partial charge in [-0.1, -0.05) is 66.7 Å². The van der Waals surface area contributed by atoms with Crippen molar-refractivity contribution in [2.45, 2.75) is 25.0 Å². The summed E-state index contributed by atoms with van der Waals surface area (Å²) in [5, 5.41) is 0.957. The fraction of sp³-hybridized carbons (Fsp3) is 0.185. The van der Waals surface area contributed by atoms with Gasteiger partial charge < -0.3 is 9.47 Å². The van der Waals surface area contributed by atoms with Crippen molar-refractivity contribution in [1.82, 2.24) is 4.98 Å². The van der Waals surface area contributed by atoms with Gasteiger partial charge in [-0.05, 0) is 29.3 Å². The third-order valence-corrected chi connectivity index (χ3v) is 5.70. The van der Waals surface area contributed by atoms with Crippen molar-refractivity contribution < 1.29 is 14.3 Å². The summed E-state index contributed by atoms with van der Waals surface area (Å²) in [5.74, 6) is 0.843. The van der Waals surface area contributed by atoms with Crippen molar-refractivity contribution in [3.63, 3.8) is 0 Å². The first-order valence-electron chi connectivity index (χ1n) is 10.5. The summed E-state index contributed by atoms with van der Waals surface area (Å²) in [6, 6.07) is 27.6. The Hall–Kier alpha value is -3.50. The van der Waals surface area contributed by atoms with Crippen LogP contribution in [0.4, 0.5) is 0 Å². The van der Waals surface area contributed by atoms with Gasteiger partial charge in [-0.25, -0.2) is 0 Å². The number of hydrogen-bond acceptors (Lipinski definition) is 4. The van der Waals surface area contributed by atoms with E-state index in [0.29, 0.717) is 25.2 Å². The van der Waals surface area contributed by atoms with E-state index in [1.54, 1.807) is 6.20 Å². The Kier molecular flexibility index (Phi) is 5.23. The number of carbonyl (C=O) groups is 1. The first kappa shape index (κ1) is 19.5. The predicted molar refractivity (Wildman–Crippen MR) is 120 cm³/mol. The third kappa shape index (κ3) is 4.07. The van der Waals surface area contributed by atoms with Crippen LogP contribution in [-0.4, -0.2) is 23.0 Å². The van der Waals surface area contributed by atoms with Crippen LogP contribution in [0.2, 0.25) is 0 Å². The van der Waals surface area contributed by atoms with E-state index in [4.69, 9.17) is 9.47 Å². The highest BCUT2D eigenvalue weighted by molar-refractivity contribution is 6.07. The number of carbonyl (C=O) groups excluding carboxylic acids is 1. The van der Waals surface area contributed by atoms with E-state index >= 15 is 0 Å². The summed E-state index contributed by atoms with van der Waals surface area (Å²) < 4.78 is 12.4. The number of hydrogen-bond donors (Lipinski definition) is 0. The topological polar surface area (TPSA) is 48.4 Å². The molecule has 1 aliphatic rings. The number of benzene rings is 3. The molecule has 5 rings (SSSR count). The fourth-order valence-electron chi connectivity index (χ4n) is 4.24. The molecule has 0 aliphatic carbocycles. The molecule has 0 saturated carbocycles. The smallest absolute Gasteiger partial charge is 0.169 e. The van der Waals surface area contributed by atoms with Crippen LogP contribution in [0, 0.1) is 0 Å². The van der Waals surface area contributed by atoms with Crippen LogP contribution in [0.25, 0.3) is 10.9 Å². The lowest BCUT2D eigenvalue weighted by molar-refractivity contribution is -0.0214. The predicted octanol–water partition coefficient (Wildman–Crippen LogP) is 5.40. The lowest BCUT2D eigenvalue weighted by Crippen LogP contribution is -2.42. The minimum absolute atomic E-state index is 0.0143. The molecule has 31 heavy (non-hydrogen) atoms. The second-order valence-electron chi connectivity index (χ2n) is 8.03. The maximum Gasteiger partial charge on any atom is 0.169 e. The minimum atomic E-state index is -0.730. The van der Waals surface area contributed by atoms with E-state index in [2.05, 4.69) is 11.1 Å². The molecule has 4 heteroatoms. The van der Waals surface area contributed by atoms with Gasteiger partial charge in [-0.3, -0.25) is 9.78 Å². The number of ketones is 1. The van der Waals surface area contributed by atoms with Crippen LogP contribution in [0.15, 0.2) is 91.1 Å². The first-order chi connectivity index (χ1) is 15.2. The van der Waals surface area contributed by atoms with Gasteiger partial charge in [-0.15, -0.1) is 0 Å². The molecule has 0 radical (unpaired) electrons. The standard InChI is InChI=1S/C27H23NO3/c29-24(23-13-6-11-21-12-7-15-28-26(21)23)17-27(16-22-10-4-5-14-25(22)31-27)19-30-18-20-8-2-1-3-9-20/h1-15H,16-19H2. The molecule has 1 aliphatic heterocycles. The van der Waals surface area contributed by atoms with Gasteiger partial charge in [0.15, 0.2) is 5.78 Å².